The van der Waals surface area contributed by atoms with Gasteiger partial charge in [-0.3, -0.25) is 4.79 Å². The van der Waals surface area contributed by atoms with E-state index >= 15 is 0 Å². The van der Waals surface area contributed by atoms with Crippen LogP contribution in [-0.4, -0.2) is 54.0 Å². The van der Waals surface area contributed by atoms with Crippen molar-refractivity contribution in [3.05, 3.63) is 24.3 Å². The van der Waals surface area contributed by atoms with Crippen molar-refractivity contribution in [2.24, 2.45) is 0 Å². The zero-order chi connectivity index (χ0) is 20.8. The molecule has 2 aliphatic heterocycles. The van der Waals surface area contributed by atoms with Gasteiger partial charge in [0.15, 0.2) is 8.32 Å². The Kier molecular flexibility index (Phi) is 6.10. The monoisotopic (exact) mass is 411 g/mol. The summed E-state index contributed by atoms with van der Waals surface area (Å²) in [5, 5.41) is -0.00116. The van der Waals surface area contributed by atoms with Crippen LogP contribution in [0.5, 0.6) is 0 Å². The zero-order valence-electron chi connectivity index (χ0n) is 17.8. The molecular formula is C20H33NO4SSi. The Morgan fingerprint density at radius 1 is 1.41 bits per heavy atom. The van der Waals surface area contributed by atoms with Crippen LogP contribution in [0, 0.1) is 0 Å². The molecule has 0 saturated carbocycles. The van der Waals surface area contributed by atoms with E-state index in [0.29, 0.717) is 0 Å². The molecule has 0 radical (unpaired) electrons. The van der Waals surface area contributed by atoms with Gasteiger partial charge in [0.1, 0.15) is 18.0 Å². The number of carbonyl (C=O) groups is 2. The summed E-state index contributed by atoms with van der Waals surface area (Å²) in [5.74, 6) is -0.461. The summed E-state index contributed by atoms with van der Waals surface area (Å²) in [6.07, 6.45) is 3.33. The van der Waals surface area contributed by atoms with Crippen LogP contribution in [0.2, 0.25) is 18.1 Å². The van der Waals surface area contributed by atoms with E-state index in [-0.39, 0.29) is 35.0 Å². The minimum atomic E-state index is -1.91. The first kappa shape index (κ1) is 22.2. The van der Waals surface area contributed by atoms with E-state index in [4.69, 9.17) is 9.16 Å². The minimum absolute atomic E-state index is 0.0932. The summed E-state index contributed by atoms with van der Waals surface area (Å²) in [7, 11) is -1.91. The molecule has 2 fully saturated rings. The molecule has 2 saturated heterocycles. The van der Waals surface area contributed by atoms with Gasteiger partial charge in [0, 0.05) is 10.3 Å². The third-order valence-corrected chi connectivity index (χ3v) is 11.7. The van der Waals surface area contributed by atoms with Gasteiger partial charge < -0.3 is 14.1 Å². The SMILES string of the molecule is C=CCOC(=O)[C@@H]1N2C(=O)/C(=C\[C@H](C)O[Si](C)(C)C(C)(C)C)[C@H]2SC1(C)C. The quantitative estimate of drug-likeness (QED) is 0.216. The standard InChI is InChI=1S/C20H33NO4SSi/c1-10-11-24-18(23)15-20(6,7)26-17-14(16(22)21(15)17)12-13(2)25-27(8,9)19(3,4)5/h10,12-13,15,17H,1,11H2,2-9H3/b14-12+/t13-,15-,17+/m0/s1. The van der Waals surface area contributed by atoms with E-state index in [2.05, 4.69) is 40.4 Å². The van der Waals surface area contributed by atoms with Crippen molar-refractivity contribution in [2.75, 3.05) is 6.61 Å². The van der Waals surface area contributed by atoms with Crippen molar-refractivity contribution in [3.63, 3.8) is 0 Å². The van der Waals surface area contributed by atoms with Crippen LogP contribution in [0.25, 0.3) is 0 Å². The van der Waals surface area contributed by atoms with Gasteiger partial charge in [-0.15, -0.1) is 11.8 Å². The highest BCUT2D eigenvalue weighted by molar-refractivity contribution is 8.01. The molecule has 0 bridgehead atoms. The second-order valence-corrected chi connectivity index (χ2v) is 15.8. The molecule has 0 unspecified atom stereocenters. The number of hydrogen-bond donors (Lipinski definition) is 0. The first-order chi connectivity index (χ1) is 12.2. The van der Waals surface area contributed by atoms with E-state index in [0.717, 1.165) is 5.57 Å². The predicted octanol–water partition coefficient (Wildman–Crippen LogP) is 4.11. The molecule has 2 rings (SSSR count). The molecule has 7 heteroatoms. The molecule has 2 aliphatic rings. The molecule has 0 aromatic heterocycles. The molecule has 27 heavy (non-hydrogen) atoms. The average molecular weight is 412 g/mol. The van der Waals surface area contributed by atoms with Gasteiger partial charge in [-0.2, -0.15) is 0 Å². The number of ether oxygens (including phenoxy) is 1. The lowest BCUT2D eigenvalue weighted by Crippen LogP contribution is -2.59. The largest absolute Gasteiger partial charge is 0.460 e. The van der Waals surface area contributed by atoms with Crippen LogP contribution >= 0.6 is 11.8 Å². The van der Waals surface area contributed by atoms with E-state index in [9.17, 15) is 9.59 Å². The third kappa shape index (κ3) is 4.20. The van der Waals surface area contributed by atoms with Crippen molar-refractivity contribution in [2.45, 2.75) is 81.9 Å². The number of fused-ring (bicyclic) bond motifs is 1. The second kappa shape index (κ2) is 7.41. The van der Waals surface area contributed by atoms with Gasteiger partial charge in [0.25, 0.3) is 5.91 Å². The van der Waals surface area contributed by atoms with Crippen LogP contribution < -0.4 is 0 Å². The fourth-order valence-corrected chi connectivity index (χ4v) is 6.11. The Morgan fingerprint density at radius 2 is 2.00 bits per heavy atom. The number of hydrogen-bond acceptors (Lipinski definition) is 5. The maximum atomic E-state index is 12.8. The van der Waals surface area contributed by atoms with E-state index < -0.39 is 19.1 Å². The zero-order valence-corrected chi connectivity index (χ0v) is 19.6. The summed E-state index contributed by atoms with van der Waals surface area (Å²) >= 11 is 1.63. The van der Waals surface area contributed by atoms with Crippen LogP contribution in [-0.2, 0) is 18.8 Å². The lowest BCUT2D eigenvalue weighted by atomic mass is 9.95. The summed E-state index contributed by atoms with van der Waals surface area (Å²) in [6.45, 7) is 20.7. The smallest absolute Gasteiger partial charge is 0.330 e. The molecule has 2 heterocycles. The Balaban J connectivity index is 2.16. The lowest BCUT2D eigenvalue weighted by Gasteiger charge is -2.41. The number of esters is 1. The molecular weight excluding hydrogens is 378 g/mol. The number of nitrogens with zero attached hydrogens (tertiary/aromatic N) is 1. The fourth-order valence-electron chi connectivity index (χ4n) is 3.20. The van der Waals surface area contributed by atoms with Gasteiger partial charge >= 0.3 is 5.97 Å². The highest BCUT2D eigenvalue weighted by Crippen LogP contribution is 2.53. The molecule has 0 aromatic carbocycles. The lowest BCUT2D eigenvalue weighted by molar-refractivity contribution is -0.156. The normalized spacial score (nSPS) is 27.2. The van der Waals surface area contributed by atoms with Crippen LogP contribution in [0.4, 0.5) is 0 Å². The van der Waals surface area contributed by atoms with Gasteiger partial charge in [-0.05, 0) is 45.0 Å². The van der Waals surface area contributed by atoms with Gasteiger partial charge in [0.2, 0.25) is 0 Å². The van der Waals surface area contributed by atoms with Crippen molar-refractivity contribution in [1.29, 1.82) is 0 Å². The Hall–Kier alpha value is -1.05. The van der Waals surface area contributed by atoms with Gasteiger partial charge in [-0.25, -0.2) is 4.79 Å². The minimum Gasteiger partial charge on any atom is -0.460 e. The molecule has 3 atom stereocenters. The van der Waals surface area contributed by atoms with Crippen LogP contribution in [0.15, 0.2) is 24.3 Å². The van der Waals surface area contributed by atoms with Crippen molar-refractivity contribution < 1.29 is 18.8 Å². The Labute approximate surface area is 168 Å². The Morgan fingerprint density at radius 3 is 2.52 bits per heavy atom. The molecule has 0 N–H and O–H groups in total. The van der Waals surface area contributed by atoms with Crippen LogP contribution in [0.3, 0.4) is 0 Å². The van der Waals surface area contributed by atoms with Crippen molar-refractivity contribution >= 4 is 32.0 Å². The maximum Gasteiger partial charge on any atom is 0.330 e. The van der Waals surface area contributed by atoms with Crippen LogP contribution in [0.1, 0.15) is 41.5 Å². The number of amides is 1. The number of thioether (sulfide) groups is 1. The summed E-state index contributed by atoms with van der Waals surface area (Å²) < 4.78 is 11.2. The van der Waals surface area contributed by atoms with E-state index in [1.54, 1.807) is 16.7 Å². The van der Waals surface area contributed by atoms with Crippen molar-refractivity contribution in [1.82, 2.24) is 4.90 Å². The fraction of sp³-hybridized carbons (Fsp3) is 0.700. The molecule has 152 valence electrons. The first-order valence-electron chi connectivity index (χ1n) is 9.40. The first-order valence-corrected chi connectivity index (χ1v) is 13.2. The highest BCUT2D eigenvalue weighted by Gasteiger charge is 2.61. The summed E-state index contributed by atoms with van der Waals surface area (Å²) in [4.78, 5) is 26.9. The molecule has 0 spiro atoms. The van der Waals surface area contributed by atoms with Gasteiger partial charge in [0.05, 0.1) is 6.10 Å². The Bertz CT molecular complexity index is 665. The number of β-lactam (4-membered cyclic amide) rings is 1. The topological polar surface area (TPSA) is 55.8 Å². The molecule has 5 nitrogen and oxygen atoms in total. The number of carbonyl (C=O) groups excluding carboxylic acids is 2. The highest BCUT2D eigenvalue weighted by atomic mass is 32.2. The molecule has 0 aromatic rings. The second-order valence-electron chi connectivity index (χ2n) is 9.31. The molecule has 1 amide bonds. The van der Waals surface area contributed by atoms with E-state index in [1.165, 1.54) is 6.08 Å². The van der Waals surface area contributed by atoms with E-state index in [1.807, 2.05) is 26.8 Å². The summed E-state index contributed by atoms with van der Waals surface area (Å²) in [6, 6.07) is -0.575. The maximum absolute atomic E-state index is 12.8. The average Bonchev–Trinajstić information content (AvgIpc) is 2.77. The van der Waals surface area contributed by atoms with Gasteiger partial charge in [-0.1, -0.05) is 33.4 Å². The number of rotatable bonds is 6. The predicted molar refractivity (Wildman–Crippen MR) is 113 cm³/mol. The third-order valence-electron chi connectivity index (χ3n) is 5.62. The molecule has 0 aliphatic carbocycles. The van der Waals surface area contributed by atoms with Crippen molar-refractivity contribution in [3.8, 4) is 0 Å². The summed E-state index contributed by atoms with van der Waals surface area (Å²) in [5.41, 5.74) is 0.735.